The number of rotatable bonds is 2. The molecule has 1 aliphatic carbocycles. The van der Waals surface area contributed by atoms with Crippen molar-refractivity contribution in [1.82, 2.24) is 10.2 Å². The van der Waals surface area contributed by atoms with Crippen molar-refractivity contribution in [2.75, 3.05) is 19.6 Å². The highest BCUT2D eigenvalue weighted by atomic mass is 16.2. The summed E-state index contributed by atoms with van der Waals surface area (Å²) in [5.74, 6) is 1.61. The first kappa shape index (κ1) is 13.9. The van der Waals surface area contributed by atoms with Crippen molar-refractivity contribution in [3.05, 3.63) is 0 Å². The highest BCUT2D eigenvalue weighted by molar-refractivity contribution is 5.82. The predicted octanol–water partition coefficient (Wildman–Crippen LogP) is 2.12. The fourth-order valence-electron chi connectivity index (χ4n) is 3.00. The van der Waals surface area contributed by atoms with Crippen molar-refractivity contribution in [2.45, 2.75) is 47.6 Å². The molecule has 0 bridgehead atoms. The van der Waals surface area contributed by atoms with E-state index in [4.69, 9.17) is 0 Å². The molecule has 0 aromatic rings. The van der Waals surface area contributed by atoms with E-state index in [0.29, 0.717) is 23.3 Å². The molecule has 0 radical (unpaired) electrons. The summed E-state index contributed by atoms with van der Waals surface area (Å²) in [6, 6.07) is 0.452. The molecular weight excluding hydrogens is 224 g/mol. The summed E-state index contributed by atoms with van der Waals surface area (Å²) in [7, 11) is 0. The third-order valence-electron chi connectivity index (χ3n) is 3.95. The summed E-state index contributed by atoms with van der Waals surface area (Å²) >= 11 is 0. The number of piperidine rings is 1. The average molecular weight is 252 g/mol. The van der Waals surface area contributed by atoms with E-state index in [9.17, 15) is 4.79 Å². The Morgan fingerprint density at radius 1 is 1.11 bits per heavy atom. The summed E-state index contributed by atoms with van der Waals surface area (Å²) in [5, 5.41) is 3.21. The number of nitrogens with zero attached hydrogens (tertiary/aromatic N) is 1. The van der Waals surface area contributed by atoms with Crippen LogP contribution in [0, 0.1) is 22.7 Å². The molecule has 1 saturated heterocycles. The van der Waals surface area contributed by atoms with E-state index in [1.54, 1.807) is 0 Å². The van der Waals surface area contributed by atoms with Gasteiger partial charge in [0.05, 0.1) is 0 Å². The minimum absolute atomic E-state index is 0.198. The van der Waals surface area contributed by atoms with Crippen LogP contribution in [0.4, 0.5) is 0 Å². The van der Waals surface area contributed by atoms with Crippen molar-refractivity contribution >= 4 is 5.91 Å². The van der Waals surface area contributed by atoms with Crippen molar-refractivity contribution in [3.8, 4) is 0 Å². The highest BCUT2D eigenvalue weighted by Crippen LogP contribution is 2.46. The molecule has 3 nitrogen and oxygen atoms in total. The van der Waals surface area contributed by atoms with E-state index in [2.05, 4.69) is 31.0 Å². The topological polar surface area (TPSA) is 32.3 Å². The fraction of sp³-hybridized carbons (Fsp3) is 0.933. The Hall–Kier alpha value is -0.570. The lowest BCUT2D eigenvalue weighted by molar-refractivity contribution is -0.128. The second-order valence-corrected chi connectivity index (χ2v) is 8.33. The number of amides is 1. The Morgan fingerprint density at radius 2 is 1.61 bits per heavy atom. The molecule has 2 aliphatic rings. The Kier molecular flexibility index (Phi) is 3.25. The van der Waals surface area contributed by atoms with E-state index in [0.717, 1.165) is 13.1 Å². The molecule has 0 aromatic heterocycles. The van der Waals surface area contributed by atoms with E-state index < -0.39 is 0 Å². The Morgan fingerprint density at radius 3 is 2.00 bits per heavy atom. The van der Waals surface area contributed by atoms with Crippen LogP contribution in [0.3, 0.4) is 0 Å². The number of likely N-dealkylation sites (tertiary alicyclic amines) is 1. The number of fused-ring (bicyclic) bond motifs is 1. The van der Waals surface area contributed by atoms with Crippen LogP contribution in [-0.4, -0.2) is 36.5 Å². The summed E-state index contributed by atoms with van der Waals surface area (Å²) in [4.78, 5) is 14.5. The minimum atomic E-state index is -0.262. The van der Waals surface area contributed by atoms with Crippen molar-refractivity contribution in [2.24, 2.45) is 22.7 Å². The summed E-state index contributed by atoms with van der Waals surface area (Å²) in [6.45, 7) is 16.3. The van der Waals surface area contributed by atoms with Crippen LogP contribution in [0.5, 0.6) is 0 Å². The zero-order valence-corrected chi connectivity index (χ0v) is 12.7. The molecule has 2 rings (SSSR count). The van der Waals surface area contributed by atoms with Gasteiger partial charge in [-0.2, -0.15) is 0 Å². The van der Waals surface area contributed by atoms with Crippen LogP contribution in [-0.2, 0) is 4.79 Å². The van der Waals surface area contributed by atoms with Gasteiger partial charge in [0, 0.05) is 31.1 Å². The second-order valence-electron chi connectivity index (χ2n) is 8.33. The lowest BCUT2D eigenvalue weighted by Crippen LogP contribution is -2.41. The third-order valence-corrected chi connectivity index (χ3v) is 3.95. The minimum Gasteiger partial charge on any atom is -0.352 e. The highest BCUT2D eigenvalue weighted by Gasteiger charge is 2.56. The molecule has 0 spiro atoms. The molecule has 1 heterocycles. The predicted molar refractivity (Wildman–Crippen MR) is 74.3 cm³/mol. The van der Waals surface area contributed by atoms with Crippen LogP contribution in [0.1, 0.15) is 41.5 Å². The Labute approximate surface area is 111 Å². The molecule has 0 aromatic carbocycles. The van der Waals surface area contributed by atoms with Crippen LogP contribution in [0.15, 0.2) is 0 Å². The molecule has 2 fully saturated rings. The van der Waals surface area contributed by atoms with Crippen LogP contribution in [0.25, 0.3) is 0 Å². The van der Waals surface area contributed by atoms with Crippen molar-refractivity contribution in [1.29, 1.82) is 0 Å². The van der Waals surface area contributed by atoms with E-state index in [1.165, 1.54) is 6.54 Å². The first-order valence-corrected chi connectivity index (χ1v) is 7.11. The number of carbonyl (C=O) groups is 1. The molecule has 1 aliphatic heterocycles. The molecule has 1 N–H and O–H groups in total. The lowest BCUT2D eigenvalue weighted by Gasteiger charge is -2.28. The zero-order valence-electron chi connectivity index (χ0n) is 12.7. The van der Waals surface area contributed by atoms with Gasteiger partial charge in [0.2, 0.25) is 5.91 Å². The maximum Gasteiger partial charge on any atom is 0.225 e. The van der Waals surface area contributed by atoms with Crippen molar-refractivity contribution < 1.29 is 4.79 Å². The molecule has 18 heavy (non-hydrogen) atoms. The monoisotopic (exact) mass is 252 g/mol. The Balaban J connectivity index is 1.77. The molecule has 3 heteroatoms. The van der Waals surface area contributed by atoms with Gasteiger partial charge in [0.15, 0.2) is 0 Å². The van der Waals surface area contributed by atoms with E-state index >= 15 is 0 Å². The maximum absolute atomic E-state index is 11.9. The van der Waals surface area contributed by atoms with Gasteiger partial charge in [-0.3, -0.25) is 4.79 Å². The van der Waals surface area contributed by atoms with Crippen molar-refractivity contribution in [3.63, 3.8) is 0 Å². The molecule has 1 amide bonds. The number of nitrogens with one attached hydrogen (secondary N) is 1. The molecular formula is C15H28N2O. The van der Waals surface area contributed by atoms with Crippen LogP contribution < -0.4 is 5.32 Å². The first-order valence-electron chi connectivity index (χ1n) is 7.11. The molecule has 104 valence electrons. The Bertz CT molecular complexity index is 325. The quantitative estimate of drug-likeness (QED) is 0.816. The second kappa shape index (κ2) is 4.22. The molecule has 1 unspecified atom stereocenters. The van der Waals surface area contributed by atoms with Crippen LogP contribution >= 0.6 is 0 Å². The average Bonchev–Trinajstić information content (AvgIpc) is 2.62. The van der Waals surface area contributed by atoms with Gasteiger partial charge >= 0.3 is 0 Å². The lowest BCUT2D eigenvalue weighted by atomic mass is 9.95. The van der Waals surface area contributed by atoms with Gasteiger partial charge in [0.25, 0.3) is 0 Å². The first-order chi connectivity index (χ1) is 8.08. The summed E-state index contributed by atoms with van der Waals surface area (Å²) in [5.41, 5.74) is 0.114. The number of carbonyl (C=O) groups excluding carboxylic acids is 1. The van der Waals surface area contributed by atoms with Gasteiger partial charge in [-0.25, -0.2) is 0 Å². The molecule has 3 atom stereocenters. The molecule has 1 saturated carbocycles. The third kappa shape index (κ3) is 3.05. The summed E-state index contributed by atoms with van der Waals surface area (Å²) in [6.07, 6.45) is 0. The number of hydrogen-bond acceptors (Lipinski definition) is 2. The van der Waals surface area contributed by atoms with Crippen LogP contribution in [0.2, 0.25) is 0 Å². The summed E-state index contributed by atoms with van der Waals surface area (Å²) < 4.78 is 0. The standard InChI is InChI=1S/C15H28N2O/c1-14(2,3)9-17-7-10-11(8-17)12(10)16-13(18)15(4,5)6/h10-12H,7-9H2,1-6H3,(H,16,18)/t10-,11+,12?. The van der Waals surface area contributed by atoms with E-state index in [-0.39, 0.29) is 11.3 Å². The largest absolute Gasteiger partial charge is 0.352 e. The fourth-order valence-corrected chi connectivity index (χ4v) is 3.00. The normalized spacial score (nSPS) is 32.2. The number of hydrogen-bond donors (Lipinski definition) is 1. The van der Waals surface area contributed by atoms with Gasteiger partial charge in [0.1, 0.15) is 0 Å². The SMILES string of the molecule is CC(C)(C)CN1C[C@@H]2C(NC(=O)C(C)(C)C)[C@@H]2C1. The maximum atomic E-state index is 11.9. The van der Waals surface area contributed by atoms with E-state index in [1.807, 2.05) is 20.8 Å². The zero-order chi connectivity index (χ0) is 13.7. The van der Waals surface area contributed by atoms with Gasteiger partial charge in [-0.15, -0.1) is 0 Å². The van der Waals surface area contributed by atoms with Gasteiger partial charge in [-0.05, 0) is 17.3 Å². The van der Waals surface area contributed by atoms with Gasteiger partial charge in [-0.1, -0.05) is 41.5 Å². The van der Waals surface area contributed by atoms with Gasteiger partial charge < -0.3 is 10.2 Å². The smallest absolute Gasteiger partial charge is 0.225 e.